The molecule has 0 aromatic carbocycles. The molecule has 0 atom stereocenters. The molecule has 0 aliphatic rings. The maximum Gasteiger partial charge on any atom is 0.215 e. The van der Waals surface area contributed by atoms with E-state index in [2.05, 4.69) is 6.58 Å². The van der Waals surface area contributed by atoms with Gasteiger partial charge in [-0.15, -0.1) is 18.2 Å². The minimum atomic E-state index is -3.20. The van der Waals surface area contributed by atoms with Crippen molar-refractivity contribution in [2.45, 2.75) is 19.9 Å². The van der Waals surface area contributed by atoms with Crippen molar-refractivity contribution in [1.82, 2.24) is 4.31 Å². The lowest BCUT2D eigenvalue weighted by molar-refractivity contribution is 0.384. The van der Waals surface area contributed by atoms with Gasteiger partial charge in [-0.25, -0.2) is 8.42 Å². The first-order chi connectivity index (χ1) is 5.95. The summed E-state index contributed by atoms with van der Waals surface area (Å²) < 4.78 is 24.5. The zero-order valence-corrected chi connectivity index (χ0v) is 9.61. The lowest BCUT2D eigenvalue weighted by Crippen LogP contribution is -2.38. The zero-order chi connectivity index (χ0) is 10.5. The van der Waals surface area contributed by atoms with Crippen molar-refractivity contribution in [3.63, 3.8) is 0 Å². The number of nitrogens with zero attached hydrogens (tertiary/aromatic N) is 1. The Kier molecular flexibility index (Phi) is 5.60. The van der Waals surface area contributed by atoms with Crippen LogP contribution in [0.2, 0.25) is 0 Å². The maximum atomic E-state index is 11.6. The Balaban J connectivity index is 4.62. The summed E-state index contributed by atoms with van der Waals surface area (Å²) in [6.07, 6.45) is 1.58. The van der Waals surface area contributed by atoms with E-state index in [-0.39, 0.29) is 17.7 Å². The number of halogens is 1. The summed E-state index contributed by atoms with van der Waals surface area (Å²) in [5.74, 6) is 0.114. The molecular weight excluding hydrogens is 210 g/mol. The summed E-state index contributed by atoms with van der Waals surface area (Å²) in [7, 11) is -3.20. The van der Waals surface area contributed by atoms with Crippen molar-refractivity contribution in [2.75, 3.05) is 18.2 Å². The Morgan fingerprint density at radius 3 is 2.38 bits per heavy atom. The summed E-state index contributed by atoms with van der Waals surface area (Å²) in [5, 5.41) is 0. The van der Waals surface area contributed by atoms with Crippen molar-refractivity contribution >= 4 is 21.6 Å². The highest BCUT2D eigenvalue weighted by Gasteiger charge is 2.22. The van der Waals surface area contributed by atoms with Gasteiger partial charge in [0.2, 0.25) is 10.0 Å². The molecule has 0 rings (SSSR count). The van der Waals surface area contributed by atoms with Gasteiger partial charge in [-0.05, 0) is 13.8 Å². The average molecular weight is 226 g/mol. The normalized spacial score (nSPS) is 12.4. The fourth-order valence-corrected chi connectivity index (χ4v) is 2.98. The second kappa shape index (κ2) is 5.62. The fraction of sp³-hybridized carbons (Fsp3) is 0.750. The SMILES string of the molecule is C=CCN(C(C)C)S(=O)(=O)CCCl. The topological polar surface area (TPSA) is 37.4 Å². The molecule has 0 fully saturated rings. The zero-order valence-electron chi connectivity index (χ0n) is 8.03. The first kappa shape index (κ1) is 12.9. The minimum Gasteiger partial charge on any atom is -0.212 e. The van der Waals surface area contributed by atoms with Gasteiger partial charge in [0.15, 0.2) is 0 Å². The number of alkyl halides is 1. The van der Waals surface area contributed by atoms with Crippen LogP contribution in [0.5, 0.6) is 0 Å². The first-order valence-corrected chi connectivity index (χ1v) is 6.26. The van der Waals surface area contributed by atoms with Crippen LogP contribution in [-0.2, 0) is 10.0 Å². The third kappa shape index (κ3) is 4.11. The molecule has 13 heavy (non-hydrogen) atoms. The molecule has 0 saturated carbocycles. The van der Waals surface area contributed by atoms with E-state index in [9.17, 15) is 8.42 Å². The lowest BCUT2D eigenvalue weighted by Gasteiger charge is -2.23. The molecule has 0 N–H and O–H groups in total. The second-order valence-electron chi connectivity index (χ2n) is 2.96. The van der Waals surface area contributed by atoms with Crippen molar-refractivity contribution in [3.05, 3.63) is 12.7 Å². The second-order valence-corrected chi connectivity index (χ2v) is 5.38. The molecule has 0 saturated heterocycles. The van der Waals surface area contributed by atoms with Crippen molar-refractivity contribution in [2.24, 2.45) is 0 Å². The Morgan fingerprint density at radius 1 is 1.54 bits per heavy atom. The van der Waals surface area contributed by atoms with Gasteiger partial charge in [-0.1, -0.05) is 6.08 Å². The van der Waals surface area contributed by atoms with E-state index in [1.165, 1.54) is 4.31 Å². The first-order valence-electron chi connectivity index (χ1n) is 4.12. The molecule has 0 aromatic heterocycles. The molecule has 0 aliphatic heterocycles. The van der Waals surface area contributed by atoms with Crippen LogP contribution in [0.1, 0.15) is 13.8 Å². The molecule has 0 heterocycles. The fourth-order valence-electron chi connectivity index (χ4n) is 0.988. The van der Waals surface area contributed by atoms with E-state index in [4.69, 9.17) is 11.6 Å². The summed E-state index contributed by atoms with van der Waals surface area (Å²) in [5.41, 5.74) is 0. The van der Waals surface area contributed by atoms with E-state index in [0.29, 0.717) is 6.54 Å². The van der Waals surface area contributed by atoms with Gasteiger partial charge in [0.1, 0.15) is 0 Å². The quantitative estimate of drug-likeness (QED) is 0.507. The largest absolute Gasteiger partial charge is 0.215 e. The molecule has 3 nitrogen and oxygen atoms in total. The average Bonchev–Trinajstić information content (AvgIpc) is 1.99. The Bertz CT molecular complexity index is 249. The van der Waals surface area contributed by atoms with Gasteiger partial charge in [-0.2, -0.15) is 4.31 Å². The lowest BCUT2D eigenvalue weighted by atomic mass is 10.4. The third-order valence-electron chi connectivity index (χ3n) is 1.58. The Hall–Kier alpha value is -0.0600. The predicted molar refractivity (Wildman–Crippen MR) is 56.5 cm³/mol. The minimum absolute atomic E-state index is 0.0133. The highest BCUT2D eigenvalue weighted by atomic mass is 35.5. The predicted octanol–water partition coefficient (Wildman–Crippen LogP) is 1.45. The number of hydrogen-bond acceptors (Lipinski definition) is 2. The van der Waals surface area contributed by atoms with Crippen LogP contribution < -0.4 is 0 Å². The summed E-state index contributed by atoms with van der Waals surface area (Å²) >= 11 is 5.40. The molecular formula is C8H16ClNO2S. The number of hydrogen-bond donors (Lipinski definition) is 0. The summed E-state index contributed by atoms with van der Waals surface area (Å²) in [4.78, 5) is 0. The Labute approximate surface area is 85.4 Å². The monoisotopic (exact) mass is 225 g/mol. The van der Waals surface area contributed by atoms with E-state index in [1.54, 1.807) is 6.08 Å². The third-order valence-corrected chi connectivity index (χ3v) is 4.00. The maximum absolute atomic E-state index is 11.6. The van der Waals surface area contributed by atoms with Crippen LogP contribution in [0.25, 0.3) is 0 Å². The van der Waals surface area contributed by atoms with Crippen LogP contribution in [0, 0.1) is 0 Å². The van der Waals surface area contributed by atoms with Crippen LogP contribution in [0.3, 0.4) is 0 Å². The van der Waals surface area contributed by atoms with Gasteiger partial charge < -0.3 is 0 Å². The molecule has 0 bridgehead atoms. The van der Waals surface area contributed by atoms with E-state index >= 15 is 0 Å². The summed E-state index contributed by atoms with van der Waals surface area (Å²) in [6.45, 7) is 7.52. The van der Waals surface area contributed by atoms with Crippen molar-refractivity contribution in [1.29, 1.82) is 0 Å². The molecule has 0 amide bonds. The van der Waals surface area contributed by atoms with Gasteiger partial charge in [0, 0.05) is 18.5 Å². The van der Waals surface area contributed by atoms with Gasteiger partial charge >= 0.3 is 0 Å². The molecule has 0 unspecified atom stereocenters. The smallest absolute Gasteiger partial charge is 0.212 e. The highest BCUT2D eigenvalue weighted by Crippen LogP contribution is 2.07. The van der Waals surface area contributed by atoms with Gasteiger partial charge in [-0.3, -0.25) is 0 Å². The molecule has 0 radical (unpaired) electrons. The molecule has 5 heteroatoms. The van der Waals surface area contributed by atoms with E-state index < -0.39 is 10.0 Å². The molecule has 0 aliphatic carbocycles. The van der Waals surface area contributed by atoms with Gasteiger partial charge in [0.05, 0.1) is 5.75 Å². The molecule has 0 spiro atoms. The molecule has 0 aromatic rings. The van der Waals surface area contributed by atoms with Crippen LogP contribution >= 0.6 is 11.6 Å². The number of sulfonamides is 1. The summed E-state index contributed by atoms with van der Waals surface area (Å²) in [6, 6.07) is -0.0498. The Morgan fingerprint density at radius 2 is 2.08 bits per heavy atom. The van der Waals surface area contributed by atoms with E-state index in [1.807, 2.05) is 13.8 Å². The molecule has 78 valence electrons. The van der Waals surface area contributed by atoms with Crippen molar-refractivity contribution in [3.8, 4) is 0 Å². The standard InChI is InChI=1S/C8H16ClNO2S/c1-4-6-10(8(2)3)13(11,12)7-5-9/h4,8H,1,5-7H2,2-3H3. The van der Waals surface area contributed by atoms with Crippen LogP contribution in [0.15, 0.2) is 12.7 Å². The highest BCUT2D eigenvalue weighted by molar-refractivity contribution is 7.89. The number of rotatable bonds is 6. The van der Waals surface area contributed by atoms with Gasteiger partial charge in [0.25, 0.3) is 0 Å². The van der Waals surface area contributed by atoms with E-state index in [0.717, 1.165) is 0 Å². The van der Waals surface area contributed by atoms with Crippen LogP contribution in [-0.4, -0.2) is 36.9 Å². The van der Waals surface area contributed by atoms with Crippen molar-refractivity contribution < 1.29 is 8.42 Å². The van der Waals surface area contributed by atoms with Crippen LogP contribution in [0.4, 0.5) is 0 Å².